The molecule has 1 aromatic rings. The molecule has 0 saturated carbocycles. The summed E-state index contributed by atoms with van der Waals surface area (Å²) in [4.78, 5) is 11.3. The summed E-state index contributed by atoms with van der Waals surface area (Å²) in [6.07, 6.45) is -1.91. The van der Waals surface area contributed by atoms with Gasteiger partial charge in [-0.2, -0.15) is 0 Å². The van der Waals surface area contributed by atoms with Crippen molar-refractivity contribution in [3.63, 3.8) is 0 Å². The average Bonchev–Trinajstić information content (AvgIpc) is 2.38. The van der Waals surface area contributed by atoms with Crippen LogP contribution in [0.3, 0.4) is 0 Å². The van der Waals surface area contributed by atoms with E-state index in [4.69, 9.17) is 10.5 Å². The van der Waals surface area contributed by atoms with Crippen LogP contribution in [0.5, 0.6) is 5.75 Å². The van der Waals surface area contributed by atoms with Gasteiger partial charge in [0.1, 0.15) is 5.75 Å². The van der Waals surface area contributed by atoms with Crippen molar-refractivity contribution in [2.24, 2.45) is 5.73 Å². The molecule has 0 aliphatic heterocycles. The first-order valence-electron chi connectivity index (χ1n) is 5.41. The third kappa shape index (κ3) is 3.43. The Balaban J connectivity index is 2.95. The maximum absolute atomic E-state index is 13.8. The Bertz CT molecular complexity index is 428. The number of benzene rings is 1. The number of alkyl halides is 1. The number of rotatable bonds is 5. The van der Waals surface area contributed by atoms with Crippen LogP contribution in [-0.4, -0.2) is 25.9 Å². The number of carbonyl (C=O) groups is 1. The first-order chi connectivity index (χ1) is 8.51. The smallest absolute Gasteiger partial charge is 0.342 e. The minimum Gasteiger partial charge on any atom is -0.497 e. The predicted octanol–water partition coefficient (Wildman–Crippen LogP) is 2.36. The first-order valence-corrected chi connectivity index (χ1v) is 6.20. The minimum absolute atomic E-state index is 0.116. The van der Waals surface area contributed by atoms with Crippen LogP contribution in [0.1, 0.15) is 18.5 Å². The fourth-order valence-corrected chi connectivity index (χ4v) is 1.94. The maximum Gasteiger partial charge on any atom is 0.342 e. The van der Waals surface area contributed by atoms with Gasteiger partial charge in [-0.05, 0) is 30.7 Å². The van der Waals surface area contributed by atoms with Gasteiger partial charge in [0.2, 0.25) is 6.17 Å². The molecule has 4 nitrogen and oxygen atoms in total. The maximum atomic E-state index is 13.8. The molecule has 0 bridgehead atoms. The summed E-state index contributed by atoms with van der Waals surface area (Å²) < 4.78 is 24.1. The molecule has 0 amide bonds. The lowest BCUT2D eigenvalue weighted by Crippen LogP contribution is -2.31. The number of nitrogens with two attached hydrogens (primary N) is 1. The predicted molar refractivity (Wildman–Crippen MR) is 69.2 cm³/mol. The molecule has 2 N–H and O–H groups in total. The highest BCUT2D eigenvalue weighted by Crippen LogP contribution is 2.29. The van der Waals surface area contributed by atoms with Gasteiger partial charge in [-0.1, -0.05) is 15.9 Å². The summed E-state index contributed by atoms with van der Waals surface area (Å²) in [5.41, 5.74) is 6.19. The van der Waals surface area contributed by atoms with Crippen LogP contribution in [0, 0.1) is 0 Å². The average molecular weight is 320 g/mol. The van der Waals surface area contributed by atoms with Crippen LogP contribution in [0.2, 0.25) is 0 Å². The van der Waals surface area contributed by atoms with Gasteiger partial charge in [0.25, 0.3) is 0 Å². The van der Waals surface area contributed by atoms with E-state index >= 15 is 0 Å². The van der Waals surface area contributed by atoms with E-state index in [2.05, 4.69) is 20.7 Å². The SMILES string of the molecule is CCOC(=O)C(F)[C@@H](N)c1cc(OC)ccc1Br. The van der Waals surface area contributed by atoms with E-state index in [0.29, 0.717) is 15.8 Å². The Kier molecular flexibility index (Phi) is 5.55. The molecular weight excluding hydrogens is 305 g/mol. The molecule has 18 heavy (non-hydrogen) atoms. The summed E-state index contributed by atoms with van der Waals surface area (Å²) in [5, 5.41) is 0. The third-order valence-electron chi connectivity index (χ3n) is 2.39. The molecule has 0 radical (unpaired) electrons. The summed E-state index contributed by atoms with van der Waals surface area (Å²) in [7, 11) is 1.50. The molecule has 0 spiro atoms. The van der Waals surface area contributed by atoms with Crippen LogP contribution >= 0.6 is 15.9 Å². The van der Waals surface area contributed by atoms with E-state index in [-0.39, 0.29) is 6.61 Å². The van der Waals surface area contributed by atoms with Crippen molar-refractivity contribution >= 4 is 21.9 Å². The number of ether oxygens (including phenoxy) is 2. The van der Waals surface area contributed by atoms with Gasteiger partial charge in [0, 0.05) is 4.47 Å². The summed E-state index contributed by atoms with van der Waals surface area (Å²) in [5.74, 6) is -0.417. The number of halogens is 2. The minimum atomic E-state index is -1.91. The molecule has 1 unspecified atom stereocenters. The van der Waals surface area contributed by atoms with Crippen LogP contribution in [0.25, 0.3) is 0 Å². The Labute approximate surface area is 113 Å². The molecular formula is C12H15BrFNO3. The molecule has 1 rings (SSSR count). The van der Waals surface area contributed by atoms with E-state index in [1.165, 1.54) is 7.11 Å². The van der Waals surface area contributed by atoms with Crippen molar-refractivity contribution in [2.45, 2.75) is 19.1 Å². The molecule has 0 aliphatic carbocycles. The topological polar surface area (TPSA) is 61.5 Å². The molecule has 0 fully saturated rings. The largest absolute Gasteiger partial charge is 0.497 e. The van der Waals surface area contributed by atoms with Gasteiger partial charge in [-0.3, -0.25) is 0 Å². The Morgan fingerprint density at radius 1 is 1.56 bits per heavy atom. The van der Waals surface area contributed by atoms with Crippen molar-refractivity contribution in [3.05, 3.63) is 28.2 Å². The molecule has 0 heterocycles. The number of esters is 1. The van der Waals surface area contributed by atoms with Gasteiger partial charge in [0.05, 0.1) is 19.8 Å². The van der Waals surface area contributed by atoms with Crippen molar-refractivity contribution in [2.75, 3.05) is 13.7 Å². The number of hydrogen-bond donors (Lipinski definition) is 1. The van der Waals surface area contributed by atoms with E-state index in [9.17, 15) is 9.18 Å². The lowest BCUT2D eigenvalue weighted by molar-refractivity contribution is -0.149. The fourth-order valence-electron chi connectivity index (χ4n) is 1.43. The zero-order valence-corrected chi connectivity index (χ0v) is 11.7. The highest BCUT2D eigenvalue weighted by Gasteiger charge is 2.29. The van der Waals surface area contributed by atoms with Gasteiger partial charge in [-0.15, -0.1) is 0 Å². The monoisotopic (exact) mass is 319 g/mol. The Morgan fingerprint density at radius 2 is 2.22 bits per heavy atom. The van der Waals surface area contributed by atoms with Crippen molar-refractivity contribution in [1.29, 1.82) is 0 Å². The fraction of sp³-hybridized carbons (Fsp3) is 0.417. The summed E-state index contributed by atoms with van der Waals surface area (Å²) in [6, 6.07) is 3.87. The number of carbonyl (C=O) groups excluding carboxylic acids is 1. The van der Waals surface area contributed by atoms with Crippen LogP contribution in [-0.2, 0) is 9.53 Å². The quantitative estimate of drug-likeness (QED) is 0.846. The zero-order chi connectivity index (χ0) is 13.7. The van der Waals surface area contributed by atoms with Gasteiger partial charge in [0.15, 0.2) is 0 Å². The Morgan fingerprint density at radius 3 is 2.78 bits per heavy atom. The highest BCUT2D eigenvalue weighted by molar-refractivity contribution is 9.10. The molecule has 1 aromatic carbocycles. The molecule has 0 aliphatic rings. The van der Waals surface area contributed by atoms with Crippen molar-refractivity contribution < 1.29 is 18.7 Å². The lowest BCUT2D eigenvalue weighted by Gasteiger charge is -2.17. The molecule has 0 aromatic heterocycles. The number of methoxy groups -OCH3 is 1. The van der Waals surface area contributed by atoms with E-state index < -0.39 is 18.2 Å². The van der Waals surface area contributed by atoms with E-state index in [1.807, 2.05) is 0 Å². The molecule has 100 valence electrons. The zero-order valence-electron chi connectivity index (χ0n) is 10.2. The molecule has 0 saturated heterocycles. The lowest BCUT2D eigenvalue weighted by atomic mass is 10.0. The number of hydrogen-bond acceptors (Lipinski definition) is 4. The van der Waals surface area contributed by atoms with Gasteiger partial charge >= 0.3 is 5.97 Å². The summed E-state index contributed by atoms with van der Waals surface area (Å²) >= 11 is 3.26. The second-order valence-corrected chi connectivity index (χ2v) is 4.42. The van der Waals surface area contributed by atoms with Gasteiger partial charge < -0.3 is 15.2 Å². The standard InChI is InChI=1S/C12H15BrFNO3/c1-3-18-12(16)10(14)11(15)8-6-7(17-2)4-5-9(8)13/h4-6,10-11H,3,15H2,1-2H3/t10?,11-/m0/s1. The van der Waals surface area contributed by atoms with E-state index in [0.717, 1.165) is 0 Å². The van der Waals surface area contributed by atoms with Crippen molar-refractivity contribution in [3.8, 4) is 5.75 Å². The van der Waals surface area contributed by atoms with Crippen molar-refractivity contribution in [1.82, 2.24) is 0 Å². The highest BCUT2D eigenvalue weighted by atomic mass is 79.9. The third-order valence-corrected chi connectivity index (χ3v) is 3.11. The molecule has 6 heteroatoms. The normalized spacial score (nSPS) is 13.8. The first kappa shape index (κ1) is 14.9. The second-order valence-electron chi connectivity index (χ2n) is 3.57. The summed E-state index contributed by atoms with van der Waals surface area (Å²) in [6.45, 7) is 1.73. The van der Waals surface area contributed by atoms with Crippen LogP contribution in [0.4, 0.5) is 4.39 Å². The van der Waals surface area contributed by atoms with Crippen LogP contribution in [0.15, 0.2) is 22.7 Å². The van der Waals surface area contributed by atoms with Gasteiger partial charge in [-0.25, -0.2) is 9.18 Å². The Hall–Kier alpha value is -1.14. The van der Waals surface area contributed by atoms with Crippen LogP contribution < -0.4 is 10.5 Å². The van der Waals surface area contributed by atoms with E-state index in [1.54, 1.807) is 25.1 Å². The second kappa shape index (κ2) is 6.70. The molecule has 2 atom stereocenters.